The van der Waals surface area contributed by atoms with Crippen molar-refractivity contribution in [2.45, 2.75) is 19.8 Å². The minimum atomic E-state index is 0. The smallest absolute Gasteiger partial charge is 0.281 e. The van der Waals surface area contributed by atoms with Gasteiger partial charge in [0.2, 0.25) is 0 Å². The van der Waals surface area contributed by atoms with Gasteiger partial charge in [0.1, 0.15) is 0 Å². The number of carbonyl (C=O) groups excluding carboxylic acids is 5. The molecule has 0 N–H and O–H groups in total. The van der Waals surface area contributed by atoms with Crippen LogP contribution in [-0.2, 0) is 45.0 Å². The van der Waals surface area contributed by atoms with Gasteiger partial charge in [-0.1, -0.05) is 6.92 Å². The van der Waals surface area contributed by atoms with Gasteiger partial charge in [0.25, 0.3) is 33.9 Å². The molecule has 0 aromatic carbocycles. The van der Waals surface area contributed by atoms with Crippen LogP contribution in [0.25, 0.3) is 0 Å². The van der Waals surface area contributed by atoms with Crippen molar-refractivity contribution >= 4 is 33.9 Å². The number of rotatable bonds is 1. The van der Waals surface area contributed by atoms with Crippen LogP contribution in [0.3, 0.4) is 0 Å². The van der Waals surface area contributed by atoms with Crippen molar-refractivity contribution in [1.29, 1.82) is 5.26 Å². The molecule has 0 saturated carbocycles. The number of nitrogens with zero attached hydrogens (tertiary/aromatic N) is 1. The summed E-state index contributed by atoms with van der Waals surface area (Å²) in [5.41, 5.74) is 0. The SMILES string of the molecule is CCCC#N.[C]=O.[C]=O.[C]=O.[C]=O.[C]=O.[W]. The molecule has 0 aromatic heterocycles. The number of hydrogen-bond acceptors (Lipinski definition) is 6. The predicted octanol–water partition coefficient (Wildman–Crippen LogP) is -0.678. The Kier molecular flexibility index (Phi) is 2670. The Morgan fingerprint density at radius 1 is 0.812 bits per heavy atom. The van der Waals surface area contributed by atoms with Crippen LogP contribution in [0, 0.1) is 11.3 Å². The molecule has 0 aromatic rings. The Bertz CT molecular complexity index is 99.0. The molecule has 84 valence electrons. The maximum absolute atomic E-state index is 7.82. The quantitative estimate of drug-likeness (QED) is 0.584. The van der Waals surface area contributed by atoms with Crippen LogP contribution in [0.4, 0.5) is 0 Å². The summed E-state index contributed by atoms with van der Waals surface area (Å²) >= 11 is 0. The molecule has 10 radical (unpaired) electrons. The van der Waals surface area contributed by atoms with E-state index >= 15 is 0 Å². The van der Waals surface area contributed by atoms with E-state index in [1.54, 1.807) is 0 Å². The van der Waals surface area contributed by atoms with E-state index in [9.17, 15) is 0 Å². The summed E-state index contributed by atoms with van der Waals surface area (Å²) in [6, 6.07) is 2.02. The van der Waals surface area contributed by atoms with Crippen molar-refractivity contribution in [1.82, 2.24) is 0 Å². The molecule has 0 aliphatic carbocycles. The van der Waals surface area contributed by atoms with E-state index in [1.807, 2.05) is 13.0 Å². The maximum atomic E-state index is 7.82. The van der Waals surface area contributed by atoms with Gasteiger partial charge in [-0.2, -0.15) is 5.26 Å². The second-order valence-corrected chi connectivity index (χ2v) is 0.908. The molecule has 0 rings (SSSR count). The minimum absolute atomic E-state index is 0. The first-order chi connectivity index (χ1) is 7.41. The number of unbranched alkanes of at least 4 members (excludes halogenated alkanes) is 1. The Hall–Kier alpha value is -1.47. The van der Waals surface area contributed by atoms with Crippen LogP contribution in [0.5, 0.6) is 0 Å². The third-order valence-corrected chi connectivity index (χ3v) is 0.362. The summed E-state index contributed by atoms with van der Waals surface area (Å²) in [5, 5.41) is 7.82. The Morgan fingerprint density at radius 3 is 1.00 bits per heavy atom. The summed E-state index contributed by atoms with van der Waals surface area (Å²) in [6.45, 7) is 24.5. The minimum Gasteiger partial charge on any atom is -0.281 e. The van der Waals surface area contributed by atoms with Gasteiger partial charge < -0.3 is 0 Å². The molecular formula is C9H7NO5W. The number of nitriles is 1. The van der Waals surface area contributed by atoms with Crippen LogP contribution in [0.2, 0.25) is 0 Å². The van der Waals surface area contributed by atoms with Gasteiger partial charge in [0, 0.05) is 27.5 Å². The van der Waals surface area contributed by atoms with Crippen LogP contribution < -0.4 is 0 Å². The third-order valence-electron chi connectivity index (χ3n) is 0.362. The molecule has 6 nitrogen and oxygen atoms in total. The maximum Gasteiger partial charge on any atom is 0.281 e. The van der Waals surface area contributed by atoms with Crippen LogP contribution >= 0.6 is 0 Å². The standard InChI is InChI=1S/C4H7N.5CO.W/c1-2-3-4-5;5*1-2;/h2-3H2,1H3;;;;;;. The first kappa shape index (κ1) is 46.9. The van der Waals surface area contributed by atoms with E-state index in [0.29, 0.717) is 6.42 Å². The predicted molar refractivity (Wildman–Crippen MR) is 49.0 cm³/mol. The molecule has 7 heteroatoms. The largest absolute Gasteiger partial charge is 0.281 e. The van der Waals surface area contributed by atoms with Gasteiger partial charge in [-0.25, -0.2) is 0 Å². The van der Waals surface area contributed by atoms with Crippen molar-refractivity contribution < 1.29 is 45.0 Å². The molecule has 0 atom stereocenters. The zero-order valence-electron chi connectivity index (χ0n) is 8.31. The van der Waals surface area contributed by atoms with Crippen molar-refractivity contribution in [3.63, 3.8) is 0 Å². The molecule has 0 aliphatic rings. The Labute approximate surface area is 110 Å². The number of hydrogen-bond donors (Lipinski definition) is 0. The summed E-state index contributed by atoms with van der Waals surface area (Å²) in [7, 11) is 0. The monoisotopic (exact) mass is 393 g/mol. The molecule has 0 spiro atoms. The molecule has 0 aliphatic heterocycles. The van der Waals surface area contributed by atoms with E-state index in [4.69, 9.17) is 29.2 Å². The van der Waals surface area contributed by atoms with Gasteiger partial charge in [0.05, 0.1) is 6.07 Å². The van der Waals surface area contributed by atoms with Gasteiger partial charge in [-0.15, -0.1) is 0 Å². The summed E-state index contributed by atoms with van der Waals surface area (Å²) in [4.78, 5) is 37.5. The summed E-state index contributed by atoms with van der Waals surface area (Å²) < 4.78 is 0. The van der Waals surface area contributed by atoms with Crippen molar-refractivity contribution in [2.24, 2.45) is 0 Å². The second-order valence-electron chi connectivity index (χ2n) is 0.908. The van der Waals surface area contributed by atoms with Crippen molar-refractivity contribution in [2.75, 3.05) is 0 Å². The van der Waals surface area contributed by atoms with Crippen molar-refractivity contribution in [3.8, 4) is 6.07 Å². The molecular weight excluding hydrogens is 386 g/mol. The Morgan fingerprint density at radius 2 is 1.00 bits per heavy atom. The Balaban J connectivity index is -0.0000000130. The molecule has 0 saturated heterocycles. The van der Waals surface area contributed by atoms with Gasteiger partial charge in [-0.05, 0) is 6.42 Å². The van der Waals surface area contributed by atoms with E-state index in [0.717, 1.165) is 6.42 Å². The second kappa shape index (κ2) is 909. The first-order valence-electron chi connectivity index (χ1n) is 2.80. The van der Waals surface area contributed by atoms with E-state index in [1.165, 1.54) is 0 Å². The molecule has 0 unspecified atom stereocenters. The van der Waals surface area contributed by atoms with E-state index in [2.05, 4.69) is 33.9 Å². The topological polar surface area (TPSA) is 109 Å². The first-order valence-corrected chi connectivity index (χ1v) is 2.80. The van der Waals surface area contributed by atoms with E-state index in [-0.39, 0.29) is 21.1 Å². The summed E-state index contributed by atoms with van der Waals surface area (Å²) in [6.07, 6.45) is 1.68. The van der Waals surface area contributed by atoms with Crippen LogP contribution in [0.1, 0.15) is 19.8 Å². The molecule has 0 bridgehead atoms. The van der Waals surface area contributed by atoms with Crippen molar-refractivity contribution in [3.05, 3.63) is 0 Å². The molecule has 16 heavy (non-hydrogen) atoms. The fraction of sp³-hybridized carbons (Fsp3) is 0.333. The normalized spacial score (nSPS) is 3.25. The third kappa shape index (κ3) is 5970. The zero-order valence-corrected chi connectivity index (χ0v) is 11.2. The van der Waals surface area contributed by atoms with Gasteiger partial charge >= 0.3 is 0 Å². The average molecular weight is 393 g/mol. The van der Waals surface area contributed by atoms with Crippen LogP contribution in [-0.4, -0.2) is 33.9 Å². The zero-order chi connectivity index (χ0) is 14.1. The molecule has 0 amide bonds. The fourth-order valence-electron chi connectivity index (χ4n) is 0.112. The van der Waals surface area contributed by atoms with Gasteiger partial charge in [0.15, 0.2) is 0 Å². The molecule has 0 heterocycles. The average Bonchev–Trinajstić information content (AvgIpc) is 2.42. The summed E-state index contributed by atoms with van der Waals surface area (Å²) in [5.74, 6) is 0. The van der Waals surface area contributed by atoms with E-state index < -0.39 is 0 Å². The fourth-order valence-corrected chi connectivity index (χ4v) is 0.112. The van der Waals surface area contributed by atoms with Gasteiger partial charge in [-0.3, -0.25) is 24.0 Å². The molecule has 0 fully saturated rings. The van der Waals surface area contributed by atoms with Crippen LogP contribution in [0.15, 0.2) is 0 Å².